The number of nitrogens with zero attached hydrogens (tertiary/aromatic N) is 4. The molecule has 0 aliphatic carbocycles. The molecule has 3 aromatic heterocycles. The van der Waals surface area contributed by atoms with E-state index < -0.39 is 0 Å². The van der Waals surface area contributed by atoms with Crippen LogP contribution in [0.4, 0.5) is 0 Å². The van der Waals surface area contributed by atoms with Crippen molar-refractivity contribution in [2.75, 3.05) is 0 Å². The molecular weight excluding hydrogens is 689 g/mol. The normalized spacial score (nSPS) is 11.3. The van der Waals surface area contributed by atoms with Gasteiger partial charge in [-0.15, -0.1) is 11.3 Å². The maximum Gasteiger partial charge on any atom is 0.160 e. The van der Waals surface area contributed by atoms with Crippen LogP contribution in [0.3, 0.4) is 0 Å². The van der Waals surface area contributed by atoms with Crippen molar-refractivity contribution < 1.29 is 0 Å². The molecule has 0 radical (unpaired) electrons. The highest BCUT2D eigenvalue weighted by molar-refractivity contribution is 7.26. The maximum atomic E-state index is 5.25. The SMILES string of the molecule is c1ccc(-c2ccc(-c3nc(-c4ccccc4)cc(-c4cccc5sc6cc(-c7nc(-c8ccccc8)cc(-c8ccccc8)n7)ccc6c45)n3)cc2)cc1. The van der Waals surface area contributed by atoms with Crippen LogP contribution < -0.4 is 0 Å². The number of fused-ring (bicyclic) bond motifs is 3. The molecule has 0 saturated carbocycles. The molecule has 0 atom stereocenters. The monoisotopic (exact) mass is 720 g/mol. The highest BCUT2D eigenvalue weighted by Crippen LogP contribution is 2.42. The fourth-order valence-electron chi connectivity index (χ4n) is 7.18. The molecule has 3 heterocycles. The van der Waals surface area contributed by atoms with Crippen molar-refractivity contribution >= 4 is 31.5 Å². The van der Waals surface area contributed by atoms with Crippen LogP contribution in [0.2, 0.25) is 0 Å². The van der Waals surface area contributed by atoms with Crippen LogP contribution in [0.1, 0.15) is 0 Å². The van der Waals surface area contributed by atoms with Crippen molar-refractivity contribution in [1.82, 2.24) is 19.9 Å². The molecule has 7 aromatic carbocycles. The van der Waals surface area contributed by atoms with E-state index in [0.717, 1.165) is 61.7 Å². The lowest BCUT2D eigenvalue weighted by Gasteiger charge is -2.11. The van der Waals surface area contributed by atoms with Crippen molar-refractivity contribution in [2.45, 2.75) is 0 Å². The third-order valence-electron chi connectivity index (χ3n) is 9.94. The van der Waals surface area contributed by atoms with E-state index in [9.17, 15) is 0 Å². The van der Waals surface area contributed by atoms with Crippen LogP contribution in [-0.4, -0.2) is 19.9 Å². The third kappa shape index (κ3) is 6.37. The van der Waals surface area contributed by atoms with E-state index in [1.807, 2.05) is 48.5 Å². The fourth-order valence-corrected chi connectivity index (χ4v) is 8.35. The molecule has 258 valence electrons. The van der Waals surface area contributed by atoms with Gasteiger partial charge in [0.2, 0.25) is 0 Å². The molecule has 0 spiro atoms. The van der Waals surface area contributed by atoms with E-state index in [1.165, 1.54) is 25.7 Å². The summed E-state index contributed by atoms with van der Waals surface area (Å²) in [6.45, 7) is 0. The van der Waals surface area contributed by atoms with Gasteiger partial charge >= 0.3 is 0 Å². The average Bonchev–Trinajstić information content (AvgIpc) is 3.66. The predicted octanol–water partition coefficient (Wildman–Crippen LogP) is 13.3. The molecule has 5 heteroatoms. The predicted molar refractivity (Wildman–Crippen MR) is 229 cm³/mol. The minimum atomic E-state index is 0.694. The smallest absolute Gasteiger partial charge is 0.160 e. The topological polar surface area (TPSA) is 51.6 Å². The van der Waals surface area contributed by atoms with Gasteiger partial charge in [0.05, 0.1) is 22.8 Å². The van der Waals surface area contributed by atoms with Crippen molar-refractivity contribution in [3.63, 3.8) is 0 Å². The van der Waals surface area contributed by atoms with Gasteiger partial charge in [-0.2, -0.15) is 0 Å². The summed E-state index contributed by atoms with van der Waals surface area (Å²) in [5.41, 5.74) is 12.1. The molecule has 0 N–H and O–H groups in total. The number of aromatic nitrogens is 4. The zero-order valence-corrected chi connectivity index (χ0v) is 30.5. The van der Waals surface area contributed by atoms with Gasteiger partial charge in [-0.3, -0.25) is 0 Å². The second-order valence-electron chi connectivity index (χ2n) is 13.5. The van der Waals surface area contributed by atoms with Crippen LogP contribution in [-0.2, 0) is 0 Å². The molecule has 0 fully saturated rings. The van der Waals surface area contributed by atoms with Gasteiger partial charge in [0, 0.05) is 53.6 Å². The second kappa shape index (κ2) is 14.0. The zero-order valence-electron chi connectivity index (χ0n) is 29.7. The Labute approximate surface area is 323 Å². The van der Waals surface area contributed by atoms with E-state index in [1.54, 1.807) is 11.3 Å². The lowest BCUT2D eigenvalue weighted by Crippen LogP contribution is -1.96. The summed E-state index contributed by atoms with van der Waals surface area (Å²) in [5, 5.41) is 2.36. The Morgan fingerprint density at radius 1 is 0.291 bits per heavy atom. The summed E-state index contributed by atoms with van der Waals surface area (Å²) in [5.74, 6) is 1.39. The van der Waals surface area contributed by atoms with Crippen LogP contribution in [0, 0.1) is 0 Å². The molecule has 10 rings (SSSR count). The fraction of sp³-hybridized carbons (Fsp3) is 0. The number of thiophene rings is 1. The highest BCUT2D eigenvalue weighted by Gasteiger charge is 2.18. The first-order valence-corrected chi connectivity index (χ1v) is 19.1. The van der Waals surface area contributed by atoms with Gasteiger partial charge in [-0.25, -0.2) is 19.9 Å². The Balaban J connectivity index is 1.10. The van der Waals surface area contributed by atoms with E-state index in [-0.39, 0.29) is 0 Å². The number of benzene rings is 7. The second-order valence-corrected chi connectivity index (χ2v) is 14.5. The minimum Gasteiger partial charge on any atom is -0.228 e. The molecule has 0 amide bonds. The molecule has 0 aliphatic heterocycles. The Hall–Kier alpha value is -7.08. The van der Waals surface area contributed by atoms with Gasteiger partial charge in [0.25, 0.3) is 0 Å². The number of hydrogen-bond acceptors (Lipinski definition) is 5. The van der Waals surface area contributed by atoms with Crippen LogP contribution in [0.5, 0.6) is 0 Å². The van der Waals surface area contributed by atoms with Crippen molar-refractivity contribution in [3.8, 4) is 78.9 Å². The number of rotatable bonds is 7. The third-order valence-corrected chi connectivity index (χ3v) is 11.1. The first kappa shape index (κ1) is 32.6. The molecule has 10 aromatic rings. The van der Waals surface area contributed by atoms with Gasteiger partial charge in [-0.05, 0) is 35.4 Å². The Morgan fingerprint density at radius 3 is 1.29 bits per heavy atom. The molecule has 4 nitrogen and oxygen atoms in total. The highest BCUT2D eigenvalue weighted by atomic mass is 32.1. The van der Waals surface area contributed by atoms with E-state index >= 15 is 0 Å². The van der Waals surface area contributed by atoms with Gasteiger partial charge < -0.3 is 0 Å². The van der Waals surface area contributed by atoms with Gasteiger partial charge in [0.15, 0.2) is 11.6 Å². The van der Waals surface area contributed by atoms with Crippen LogP contribution >= 0.6 is 11.3 Å². The van der Waals surface area contributed by atoms with Crippen LogP contribution in [0.15, 0.2) is 194 Å². The Morgan fingerprint density at radius 2 is 0.727 bits per heavy atom. The van der Waals surface area contributed by atoms with Crippen molar-refractivity contribution in [1.29, 1.82) is 0 Å². The molecule has 0 aliphatic rings. The van der Waals surface area contributed by atoms with Gasteiger partial charge in [-0.1, -0.05) is 170 Å². The summed E-state index contributed by atoms with van der Waals surface area (Å²) in [4.78, 5) is 20.6. The summed E-state index contributed by atoms with van der Waals surface area (Å²) in [6, 6.07) is 67.3. The van der Waals surface area contributed by atoms with E-state index in [2.05, 4.69) is 146 Å². The molecule has 0 unspecified atom stereocenters. The summed E-state index contributed by atoms with van der Waals surface area (Å²) in [6.07, 6.45) is 0. The standard InChI is InChI=1S/C50H32N4S/c1-5-14-33(15-6-1)34-24-26-38(27-25-34)49-51-44(37-20-11-4-12-21-37)32-45(54-49)40-22-13-23-46-48(40)41-29-28-39(30-47(41)55-46)50-52-42(35-16-7-2-8-17-35)31-43(53-50)36-18-9-3-10-19-36/h1-32H. The van der Waals surface area contributed by atoms with Crippen LogP contribution in [0.25, 0.3) is 99.1 Å². The Kier molecular flexibility index (Phi) is 8.32. The first-order valence-electron chi connectivity index (χ1n) is 18.3. The summed E-state index contributed by atoms with van der Waals surface area (Å²) in [7, 11) is 0. The van der Waals surface area contributed by atoms with E-state index in [4.69, 9.17) is 19.9 Å². The largest absolute Gasteiger partial charge is 0.228 e. The molecule has 55 heavy (non-hydrogen) atoms. The summed E-state index contributed by atoms with van der Waals surface area (Å²) < 4.78 is 2.37. The average molecular weight is 721 g/mol. The maximum absolute atomic E-state index is 5.25. The number of hydrogen-bond donors (Lipinski definition) is 0. The minimum absolute atomic E-state index is 0.694. The lowest BCUT2D eigenvalue weighted by molar-refractivity contribution is 1.18. The Bertz CT molecular complexity index is 2890. The van der Waals surface area contributed by atoms with Crippen molar-refractivity contribution in [3.05, 3.63) is 194 Å². The quantitative estimate of drug-likeness (QED) is 0.164. The van der Waals surface area contributed by atoms with Crippen molar-refractivity contribution in [2.24, 2.45) is 0 Å². The summed E-state index contributed by atoms with van der Waals surface area (Å²) >= 11 is 1.78. The van der Waals surface area contributed by atoms with E-state index in [0.29, 0.717) is 11.6 Å². The molecular formula is C50H32N4S. The molecule has 0 saturated heterocycles. The molecule has 0 bridgehead atoms. The first-order chi connectivity index (χ1) is 27.2. The lowest BCUT2D eigenvalue weighted by atomic mass is 10.0. The van der Waals surface area contributed by atoms with Gasteiger partial charge in [0.1, 0.15) is 0 Å². The zero-order chi connectivity index (χ0) is 36.6.